The van der Waals surface area contributed by atoms with Crippen molar-refractivity contribution in [1.29, 1.82) is 0 Å². The van der Waals surface area contributed by atoms with Crippen LogP contribution in [0.2, 0.25) is 0 Å². The van der Waals surface area contributed by atoms with E-state index in [2.05, 4.69) is 5.32 Å². The van der Waals surface area contributed by atoms with Crippen LogP contribution in [0.25, 0.3) is 0 Å². The van der Waals surface area contributed by atoms with Crippen LogP contribution < -0.4 is 14.8 Å². The first-order valence-corrected chi connectivity index (χ1v) is 7.78. The fourth-order valence-electron chi connectivity index (χ4n) is 2.59. The third-order valence-electron chi connectivity index (χ3n) is 3.86. The molecule has 0 saturated carbocycles. The van der Waals surface area contributed by atoms with Gasteiger partial charge in [0.05, 0.1) is 19.1 Å². The highest BCUT2D eigenvalue weighted by atomic mass is 16.6. The Bertz CT molecular complexity index is 793. The lowest BCUT2D eigenvalue weighted by molar-refractivity contribution is -0.385. The molecule has 0 radical (unpaired) electrons. The van der Waals surface area contributed by atoms with E-state index < -0.39 is 16.9 Å². The van der Waals surface area contributed by atoms with E-state index in [1.165, 1.54) is 39.5 Å². The van der Waals surface area contributed by atoms with E-state index >= 15 is 0 Å². The molecule has 1 amide bonds. The second kappa shape index (κ2) is 8.82. The molecule has 0 aliphatic carbocycles. The second-order valence-electron chi connectivity index (χ2n) is 5.29. The van der Waals surface area contributed by atoms with Crippen molar-refractivity contribution >= 4 is 11.6 Å². The predicted molar refractivity (Wildman–Crippen MR) is 94.7 cm³/mol. The Morgan fingerprint density at radius 1 is 1.12 bits per heavy atom. The molecule has 2 aromatic carbocycles. The molecule has 138 valence electrons. The number of nitrogens with one attached hydrogen (secondary N) is 1. The van der Waals surface area contributed by atoms with Crippen LogP contribution >= 0.6 is 0 Å². The van der Waals surface area contributed by atoms with Gasteiger partial charge < -0.3 is 19.5 Å². The number of benzene rings is 2. The number of hydrogen-bond acceptors (Lipinski definition) is 6. The summed E-state index contributed by atoms with van der Waals surface area (Å²) in [6, 6.07) is 11.1. The van der Waals surface area contributed by atoms with Gasteiger partial charge in [-0.25, -0.2) is 0 Å². The van der Waals surface area contributed by atoms with Gasteiger partial charge in [0.2, 0.25) is 0 Å². The summed E-state index contributed by atoms with van der Waals surface area (Å²) in [7, 11) is 4.54. The quantitative estimate of drug-likeness (QED) is 0.574. The fraction of sp³-hybridized carbons (Fsp3) is 0.278. The number of nitro groups is 1. The molecule has 0 aliphatic heterocycles. The summed E-state index contributed by atoms with van der Waals surface area (Å²) in [5, 5.41) is 13.7. The molecule has 0 aliphatic rings. The van der Waals surface area contributed by atoms with E-state index in [0.29, 0.717) is 17.1 Å². The van der Waals surface area contributed by atoms with Crippen molar-refractivity contribution in [2.24, 2.45) is 0 Å². The normalized spacial score (nSPS) is 11.5. The van der Waals surface area contributed by atoms with Gasteiger partial charge in [-0.2, -0.15) is 0 Å². The molecule has 2 rings (SSSR count). The Morgan fingerprint density at radius 3 is 2.46 bits per heavy atom. The van der Waals surface area contributed by atoms with Gasteiger partial charge in [-0.05, 0) is 12.1 Å². The monoisotopic (exact) mass is 360 g/mol. The lowest BCUT2D eigenvalue weighted by atomic mass is 10.1. The van der Waals surface area contributed by atoms with E-state index in [-0.39, 0.29) is 17.8 Å². The van der Waals surface area contributed by atoms with Gasteiger partial charge in [-0.1, -0.05) is 24.3 Å². The van der Waals surface area contributed by atoms with Crippen molar-refractivity contribution in [3.05, 3.63) is 63.7 Å². The second-order valence-corrected chi connectivity index (χ2v) is 5.29. The Labute approximate surface area is 150 Å². The van der Waals surface area contributed by atoms with Crippen LogP contribution in [0, 0.1) is 10.1 Å². The number of hydrogen-bond donors (Lipinski definition) is 1. The number of nitrogens with zero attached hydrogens (tertiary/aromatic N) is 1. The number of methoxy groups -OCH3 is 3. The van der Waals surface area contributed by atoms with Gasteiger partial charge in [-0.15, -0.1) is 0 Å². The maximum Gasteiger partial charge on any atom is 0.282 e. The van der Waals surface area contributed by atoms with Crippen molar-refractivity contribution in [3.63, 3.8) is 0 Å². The highest BCUT2D eigenvalue weighted by molar-refractivity contribution is 5.98. The average Bonchev–Trinajstić information content (AvgIpc) is 2.67. The third-order valence-corrected chi connectivity index (χ3v) is 3.86. The summed E-state index contributed by atoms with van der Waals surface area (Å²) in [4.78, 5) is 22.8. The maximum atomic E-state index is 12.4. The van der Waals surface area contributed by atoms with E-state index in [4.69, 9.17) is 14.2 Å². The highest BCUT2D eigenvalue weighted by Gasteiger charge is 2.23. The summed E-state index contributed by atoms with van der Waals surface area (Å²) < 4.78 is 16.1. The number of nitro benzene ring substituents is 1. The first-order valence-electron chi connectivity index (χ1n) is 7.78. The van der Waals surface area contributed by atoms with Gasteiger partial charge in [0.25, 0.3) is 11.6 Å². The maximum absolute atomic E-state index is 12.4. The van der Waals surface area contributed by atoms with Crippen LogP contribution in [0.4, 0.5) is 5.69 Å². The van der Waals surface area contributed by atoms with Crippen molar-refractivity contribution in [3.8, 4) is 11.5 Å². The average molecular weight is 360 g/mol. The minimum absolute atomic E-state index is 0.00930. The zero-order chi connectivity index (χ0) is 19.1. The van der Waals surface area contributed by atoms with Crippen molar-refractivity contribution < 1.29 is 23.9 Å². The molecule has 0 fully saturated rings. The lowest BCUT2D eigenvalue weighted by Gasteiger charge is -2.20. The van der Waals surface area contributed by atoms with E-state index in [1.54, 1.807) is 24.3 Å². The first kappa shape index (κ1) is 19.2. The van der Waals surface area contributed by atoms with E-state index in [1.807, 2.05) is 0 Å². The summed E-state index contributed by atoms with van der Waals surface area (Å²) in [6.07, 6.45) is -0.522. The molecule has 0 saturated heterocycles. The minimum Gasteiger partial charge on any atom is -0.493 e. The molecular formula is C18H20N2O6. The topological polar surface area (TPSA) is 99.9 Å². The van der Waals surface area contributed by atoms with Gasteiger partial charge >= 0.3 is 0 Å². The number of carbonyl (C=O) groups excluding carboxylic acids is 1. The Morgan fingerprint density at radius 2 is 1.85 bits per heavy atom. The molecule has 8 heteroatoms. The smallest absolute Gasteiger partial charge is 0.282 e. The zero-order valence-electron chi connectivity index (χ0n) is 14.7. The molecule has 0 heterocycles. The number of rotatable bonds is 8. The standard InChI is InChI=1S/C18H20N2O6/c1-24-15-10-6-8-13(17(15)26-3)16(25-2)11-19-18(21)12-7-4-5-9-14(12)20(22)23/h4-10,16H,11H2,1-3H3,(H,19,21). The molecule has 1 N–H and O–H groups in total. The van der Waals surface area contributed by atoms with Crippen LogP contribution in [-0.4, -0.2) is 38.7 Å². The molecule has 0 spiro atoms. The minimum atomic E-state index is -0.589. The van der Waals surface area contributed by atoms with Crippen molar-refractivity contribution in [2.75, 3.05) is 27.9 Å². The lowest BCUT2D eigenvalue weighted by Crippen LogP contribution is -2.29. The van der Waals surface area contributed by atoms with Crippen LogP contribution in [-0.2, 0) is 4.74 Å². The van der Waals surface area contributed by atoms with Gasteiger partial charge in [0.1, 0.15) is 11.7 Å². The van der Waals surface area contributed by atoms with Crippen molar-refractivity contribution in [2.45, 2.75) is 6.10 Å². The predicted octanol–water partition coefficient (Wildman–Crippen LogP) is 2.73. The molecule has 26 heavy (non-hydrogen) atoms. The highest BCUT2D eigenvalue weighted by Crippen LogP contribution is 2.35. The first-order chi connectivity index (χ1) is 12.5. The van der Waals surface area contributed by atoms with Crippen LogP contribution in [0.3, 0.4) is 0 Å². The van der Waals surface area contributed by atoms with Gasteiger partial charge in [0.15, 0.2) is 11.5 Å². The summed E-state index contributed by atoms with van der Waals surface area (Å²) in [5.41, 5.74) is 0.431. The molecule has 0 bridgehead atoms. The Balaban J connectivity index is 2.20. The molecule has 8 nitrogen and oxygen atoms in total. The SMILES string of the molecule is COc1cccc(C(CNC(=O)c2ccccc2[N+](=O)[O-])OC)c1OC. The molecule has 1 unspecified atom stereocenters. The number of ether oxygens (including phenoxy) is 3. The van der Waals surface area contributed by atoms with Crippen LogP contribution in [0.1, 0.15) is 22.0 Å². The Kier molecular flexibility index (Phi) is 6.51. The van der Waals surface area contributed by atoms with Crippen LogP contribution in [0.15, 0.2) is 42.5 Å². The van der Waals surface area contributed by atoms with Gasteiger partial charge in [0, 0.05) is 25.3 Å². The third kappa shape index (κ3) is 4.09. The fourth-order valence-corrected chi connectivity index (χ4v) is 2.59. The van der Waals surface area contributed by atoms with Crippen molar-refractivity contribution in [1.82, 2.24) is 5.32 Å². The number of amides is 1. The van der Waals surface area contributed by atoms with Crippen LogP contribution in [0.5, 0.6) is 11.5 Å². The number of carbonyl (C=O) groups is 1. The molecular weight excluding hydrogens is 340 g/mol. The molecule has 2 aromatic rings. The summed E-state index contributed by atoms with van der Waals surface area (Å²) in [5.74, 6) is 0.486. The summed E-state index contributed by atoms with van der Waals surface area (Å²) >= 11 is 0. The molecule has 0 aromatic heterocycles. The largest absolute Gasteiger partial charge is 0.493 e. The Hall–Kier alpha value is -3.13. The summed E-state index contributed by atoms with van der Waals surface area (Å²) in [6.45, 7) is 0.102. The number of para-hydroxylation sites is 2. The zero-order valence-corrected chi connectivity index (χ0v) is 14.7. The van der Waals surface area contributed by atoms with E-state index in [9.17, 15) is 14.9 Å². The molecule has 1 atom stereocenters. The van der Waals surface area contributed by atoms with Gasteiger partial charge in [-0.3, -0.25) is 14.9 Å². The van der Waals surface area contributed by atoms with E-state index in [0.717, 1.165) is 0 Å².